The molecule has 2 saturated heterocycles. The summed E-state index contributed by atoms with van der Waals surface area (Å²) in [5.41, 5.74) is 7.53. The number of aliphatic hydroxyl groups is 2. The van der Waals surface area contributed by atoms with Crippen LogP contribution >= 0.6 is 45.2 Å². The Balaban J connectivity index is 0.000000187. The molecule has 6 atom stereocenters. The average Bonchev–Trinajstić information content (AvgIpc) is 4.19. The predicted molar refractivity (Wildman–Crippen MR) is 323 cm³/mol. The van der Waals surface area contributed by atoms with E-state index in [4.69, 9.17) is 24.1 Å². The quantitative estimate of drug-likeness (QED) is 0.0411. The number of nitrogen functional groups attached to an aromatic ring is 1. The van der Waals surface area contributed by atoms with Crippen LogP contribution in [0.5, 0.6) is 0 Å². The molecular formula is C57H67I2N9O6Si2. The van der Waals surface area contributed by atoms with Gasteiger partial charge in [-0.1, -0.05) is 163 Å². The Morgan fingerprint density at radius 2 is 0.987 bits per heavy atom. The third-order valence-corrected chi connectivity index (χ3v) is 26.0. The van der Waals surface area contributed by atoms with E-state index in [2.05, 4.69) is 209 Å². The molecule has 0 saturated carbocycles. The Morgan fingerprint density at radius 1 is 0.618 bits per heavy atom. The van der Waals surface area contributed by atoms with Gasteiger partial charge in [-0.15, -0.1) is 0 Å². The number of nitrogens with two attached hydrogens (primary N) is 1. The van der Waals surface area contributed by atoms with Crippen molar-refractivity contribution in [3.63, 3.8) is 0 Å². The zero-order valence-electron chi connectivity index (χ0n) is 44.2. The van der Waals surface area contributed by atoms with Crippen molar-refractivity contribution in [1.29, 1.82) is 0 Å². The van der Waals surface area contributed by atoms with Crippen molar-refractivity contribution in [3.8, 4) is 0 Å². The molecule has 8 aromatic rings. The first kappa shape index (κ1) is 55.8. The van der Waals surface area contributed by atoms with Crippen LogP contribution < -0.4 is 26.5 Å². The molecule has 4 aromatic carbocycles. The van der Waals surface area contributed by atoms with E-state index in [1.165, 1.54) is 33.4 Å². The van der Waals surface area contributed by atoms with Crippen molar-refractivity contribution in [2.45, 2.75) is 101 Å². The summed E-state index contributed by atoms with van der Waals surface area (Å²) in [6.45, 7) is 14.0. The third kappa shape index (κ3) is 11.1. The normalized spacial score (nSPS) is 20.4. The van der Waals surface area contributed by atoms with Crippen molar-refractivity contribution in [2.75, 3.05) is 33.0 Å². The Hall–Kier alpha value is -4.96. The van der Waals surface area contributed by atoms with Crippen LogP contribution in [0.4, 0.5) is 11.6 Å². The maximum absolute atomic E-state index is 11.2. The van der Waals surface area contributed by atoms with Gasteiger partial charge in [-0.05, 0) is 76.0 Å². The Labute approximate surface area is 474 Å². The SMILES string of the molecule is CC(C)(C)[Si](OCC1OC(n2cc(I)c3c(N)ncnc32)CC1O)(c1ccccc1)c1ccccc1.CN(C)C=Nc1ncnc2c1c(I)cn2C1CC(O)C(CO[Si](c2ccccc2)(c2ccccc2)C(C)(C)C)O1. The van der Waals surface area contributed by atoms with Gasteiger partial charge >= 0.3 is 0 Å². The molecule has 2 fully saturated rings. The summed E-state index contributed by atoms with van der Waals surface area (Å²) in [6.07, 6.45) is 6.51. The number of halogens is 2. The second-order valence-corrected chi connectivity index (χ2v) is 32.6. The molecule has 76 heavy (non-hydrogen) atoms. The minimum atomic E-state index is -2.75. The minimum Gasteiger partial charge on any atom is -0.405 e. The number of rotatable bonds is 14. The zero-order valence-corrected chi connectivity index (χ0v) is 50.5. The second-order valence-electron chi connectivity index (χ2n) is 21.6. The first-order valence-electron chi connectivity index (χ1n) is 25.5. The lowest BCUT2D eigenvalue weighted by atomic mass is 10.2. The fraction of sp³-hybridized carbons (Fsp3) is 0.351. The summed E-state index contributed by atoms with van der Waals surface area (Å²) in [5, 5.41) is 28.4. The summed E-state index contributed by atoms with van der Waals surface area (Å²) >= 11 is 4.51. The van der Waals surface area contributed by atoms with Gasteiger partial charge in [0.05, 0.1) is 42.5 Å². The van der Waals surface area contributed by atoms with E-state index in [0.717, 1.165) is 23.6 Å². The first-order chi connectivity index (χ1) is 36.3. The highest BCUT2D eigenvalue weighted by Crippen LogP contribution is 2.42. The largest absolute Gasteiger partial charge is 0.405 e. The van der Waals surface area contributed by atoms with Crippen molar-refractivity contribution < 1.29 is 28.5 Å². The lowest BCUT2D eigenvalue weighted by Crippen LogP contribution is -2.67. The van der Waals surface area contributed by atoms with Crippen LogP contribution in [-0.2, 0) is 18.3 Å². The molecule has 6 unspecified atom stereocenters. The molecule has 0 amide bonds. The van der Waals surface area contributed by atoms with Gasteiger partial charge in [-0.25, -0.2) is 24.9 Å². The van der Waals surface area contributed by atoms with E-state index >= 15 is 0 Å². The van der Waals surface area contributed by atoms with Crippen molar-refractivity contribution in [3.05, 3.63) is 154 Å². The van der Waals surface area contributed by atoms with Crippen LogP contribution in [0.25, 0.3) is 22.1 Å². The number of ether oxygens (including phenoxy) is 2. The van der Waals surface area contributed by atoms with Crippen molar-refractivity contribution >= 4 is 123 Å². The zero-order chi connectivity index (χ0) is 54.0. The summed E-state index contributed by atoms with van der Waals surface area (Å²) in [5.74, 6) is 1.04. The molecule has 2 aliphatic rings. The molecule has 6 heterocycles. The number of hydrogen-bond acceptors (Lipinski definition) is 12. The van der Waals surface area contributed by atoms with E-state index in [1.54, 1.807) is 6.34 Å². The molecule has 4 N–H and O–H groups in total. The highest BCUT2D eigenvalue weighted by molar-refractivity contribution is 14.1. The van der Waals surface area contributed by atoms with Crippen LogP contribution in [0.3, 0.4) is 0 Å². The fourth-order valence-corrected chi connectivity index (χ4v) is 21.5. The van der Waals surface area contributed by atoms with Gasteiger partial charge in [0.15, 0.2) is 5.82 Å². The smallest absolute Gasteiger partial charge is 0.261 e. The van der Waals surface area contributed by atoms with Gasteiger partial charge < -0.3 is 48.3 Å². The van der Waals surface area contributed by atoms with Crippen LogP contribution in [0.15, 0.2) is 151 Å². The number of fused-ring (bicyclic) bond motifs is 2. The first-order valence-corrected chi connectivity index (χ1v) is 31.5. The number of anilines is 1. The van der Waals surface area contributed by atoms with Crippen LogP contribution in [-0.4, -0.2) is 119 Å². The van der Waals surface area contributed by atoms with E-state index in [0.29, 0.717) is 36.7 Å². The maximum atomic E-state index is 11.2. The second kappa shape index (κ2) is 23.2. The fourth-order valence-electron chi connectivity index (χ4n) is 10.8. The number of benzene rings is 4. The molecular weight excluding hydrogens is 1220 g/mol. The van der Waals surface area contributed by atoms with Crippen molar-refractivity contribution in [1.82, 2.24) is 34.0 Å². The number of aliphatic hydroxyl groups excluding tert-OH is 2. The lowest BCUT2D eigenvalue weighted by Gasteiger charge is -2.43. The number of aliphatic imine (C=N–C) groups is 1. The Kier molecular flexibility index (Phi) is 17.0. The predicted octanol–water partition coefficient (Wildman–Crippen LogP) is 8.33. The molecule has 15 nitrogen and oxygen atoms in total. The molecule has 4 aromatic heterocycles. The summed E-state index contributed by atoms with van der Waals surface area (Å²) in [6, 6.07) is 42.0. The molecule has 0 aliphatic carbocycles. The van der Waals surface area contributed by atoms with Gasteiger partial charge in [0, 0.05) is 46.5 Å². The van der Waals surface area contributed by atoms with Gasteiger partial charge in [0.2, 0.25) is 0 Å². The van der Waals surface area contributed by atoms with Crippen LogP contribution in [0, 0.1) is 7.14 Å². The Morgan fingerprint density at radius 3 is 1.37 bits per heavy atom. The van der Waals surface area contributed by atoms with Gasteiger partial charge in [0.1, 0.15) is 54.4 Å². The van der Waals surface area contributed by atoms with E-state index in [9.17, 15) is 10.2 Å². The van der Waals surface area contributed by atoms with Crippen molar-refractivity contribution in [2.24, 2.45) is 4.99 Å². The molecule has 0 bridgehead atoms. The molecule has 10 rings (SSSR count). The third-order valence-electron chi connectivity index (χ3n) is 14.3. The van der Waals surface area contributed by atoms with Gasteiger partial charge in [-0.2, -0.15) is 0 Å². The minimum absolute atomic E-state index is 0.153. The molecule has 0 radical (unpaired) electrons. The lowest BCUT2D eigenvalue weighted by molar-refractivity contribution is -0.0397. The molecule has 0 spiro atoms. The summed E-state index contributed by atoms with van der Waals surface area (Å²) in [7, 11) is -1.65. The monoisotopic (exact) mass is 1280 g/mol. The maximum Gasteiger partial charge on any atom is 0.261 e. The number of hydrogen-bond donors (Lipinski definition) is 3. The van der Waals surface area contributed by atoms with Gasteiger partial charge in [0.25, 0.3) is 16.6 Å². The van der Waals surface area contributed by atoms with E-state index < -0.39 is 41.1 Å². The number of nitrogens with zero attached hydrogens (tertiary/aromatic N) is 8. The summed E-state index contributed by atoms with van der Waals surface area (Å²) < 4.78 is 32.8. The summed E-state index contributed by atoms with van der Waals surface area (Å²) in [4.78, 5) is 23.9. The highest BCUT2D eigenvalue weighted by Gasteiger charge is 2.53. The average molecular weight is 1280 g/mol. The van der Waals surface area contributed by atoms with Crippen LogP contribution in [0.1, 0.15) is 66.8 Å². The van der Waals surface area contributed by atoms with E-state index in [-0.39, 0.29) is 29.1 Å². The molecule has 398 valence electrons. The van der Waals surface area contributed by atoms with E-state index in [1.807, 2.05) is 64.8 Å². The topological polar surface area (TPSA) is 180 Å². The molecule has 2 aliphatic heterocycles. The highest BCUT2D eigenvalue weighted by atomic mass is 127. The van der Waals surface area contributed by atoms with Gasteiger partial charge in [-0.3, -0.25) is 0 Å². The Bertz CT molecular complexity index is 3170. The van der Waals surface area contributed by atoms with Crippen LogP contribution in [0.2, 0.25) is 10.1 Å². The standard InChI is InChI=1S/C30H36IN5O3Si.C27H31IN4O3Si/c1-30(2,3)40(21-12-8-6-9-13-21,22-14-10-7-11-15-22)38-18-25-24(37)16-26(39-25)36-17-23(31)27-28(34-20-35(4)5)32-19-33-29(27)36;1-27(2,3)36(18-10-6-4-7-11-18,19-12-8-5-9-13-19)34-16-22-21(33)14-23(35-22)32-15-20(28)24-25(29)30-17-31-26(24)32/h6-15,17,19-20,24-26,37H,16,18H2,1-5H3;4-13,15,17,21-23,33H,14,16H2,1-3H3,(H2,29,30,31). The molecule has 19 heteroatoms. The number of aromatic nitrogens is 6.